The van der Waals surface area contributed by atoms with Gasteiger partial charge >= 0.3 is 0 Å². The van der Waals surface area contributed by atoms with E-state index < -0.39 is 0 Å². The SMILES string of the molecule is CC(C)(CC(N)=O)NCC1CCC(C)(C)O1. The molecule has 0 spiro atoms. The summed E-state index contributed by atoms with van der Waals surface area (Å²) in [4.78, 5) is 10.9. The van der Waals surface area contributed by atoms with E-state index in [-0.39, 0.29) is 23.2 Å². The van der Waals surface area contributed by atoms with Crippen molar-refractivity contribution in [1.82, 2.24) is 5.32 Å². The van der Waals surface area contributed by atoms with Crippen molar-refractivity contribution < 1.29 is 9.53 Å². The normalized spacial score (nSPS) is 24.6. The van der Waals surface area contributed by atoms with Crippen molar-refractivity contribution >= 4 is 5.91 Å². The predicted octanol–water partition coefficient (Wildman–Crippen LogP) is 1.19. The maximum atomic E-state index is 10.9. The molecule has 16 heavy (non-hydrogen) atoms. The molecule has 1 amide bonds. The van der Waals surface area contributed by atoms with Gasteiger partial charge in [0.1, 0.15) is 0 Å². The van der Waals surface area contributed by atoms with E-state index in [1.807, 2.05) is 13.8 Å². The lowest BCUT2D eigenvalue weighted by molar-refractivity contribution is -0.119. The molecule has 0 aromatic heterocycles. The number of rotatable bonds is 5. The summed E-state index contributed by atoms with van der Waals surface area (Å²) in [6.45, 7) is 8.97. The maximum absolute atomic E-state index is 10.9. The molecule has 4 nitrogen and oxygen atoms in total. The van der Waals surface area contributed by atoms with Crippen LogP contribution < -0.4 is 11.1 Å². The monoisotopic (exact) mass is 228 g/mol. The van der Waals surface area contributed by atoms with Crippen LogP contribution in [0.15, 0.2) is 0 Å². The fourth-order valence-corrected chi connectivity index (χ4v) is 2.11. The van der Waals surface area contributed by atoms with Crippen molar-refractivity contribution in [3.8, 4) is 0 Å². The Morgan fingerprint density at radius 2 is 2.19 bits per heavy atom. The Balaban J connectivity index is 2.32. The minimum absolute atomic E-state index is 0.000175. The third-order valence-electron chi connectivity index (χ3n) is 2.98. The van der Waals surface area contributed by atoms with Crippen LogP contribution in [-0.4, -0.2) is 29.7 Å². The molecule has 94 valence electrons. The van der Waals surface area contributed by atoms with E-state index in [1.54, 1.807) is 0 Å². The van der Waals surface area contributed by atoms with E-state index in [4.69, 9.17) is 10.5 Å². The van der Waals surface area contributed by atoms with E-state index in [2.05, 4.69) is 19.2 Å². The van der Waals surface area contributed by atoms with Crippen molar-refractivity contribution in [2.45, 2.75) is 64.2 Å². The summed E-state index contributed by atoms with van der Waals surface area (Å²) in [5.74, 6) is -0.273. The van der Waals surface area contributed by atoms with E-state index in [9.17, 15) is 4.79 Å². The molecule has 1 aliphatic heterocycles. The van der Waals surface area contributed by atoms with E-state index in [1.165, 1.54) is 0 Å². The Morgan fingerprint density at radius 3 is 2.62 bits per heavy atom. The van der Waals surface area contributed by atoms with Gasteiger partial charge in [-0.2, -0.15) is 0 Å². The number of carbonyl (C=O) groups excluding carboxylic acids is 1. The van der Waals surface area contributed by atoms with Crippen LogP contribution in [0.5, 0.6) is 0 Å². The number of hydrogen-bond donors (Lipinski definition) is 2. The third-order valence-corrected chi connectivity index (χ3v) is 2.98. The summed E-state index contributed by atoms with van der Waals surface area (Å²) in [6, 6.07) is 0. The topological polar surface area (TPSA) is 64.4 Å². The molecule has 1 aliphatic rings. The molecule has 3 N–H and O–H groups in total. The first-order valence-corrected chi connectivity index (χ1v) is 5.91. The lowest BCUT2D eigenvalue weighted by Crippen LogP contribution is -2.46. The maximum Gasteiger partial charge on any atom is 0.219 e. The molecule has 1 rings (SSSR count). The van der Waals surface area contributed by atoms with E-state index >= 15 is 0 Å². The number of carbonyl (C=O) groups is 1. The molecular weight excluding hydrogens is 204 g/mol. The fraction of sp³-hybridized carbons (Fsp3) is 0.917. The average Bonchev–Trinajstić information content (AvgIpc) is 2.40. The summed E-state index contributed by atoms with van der Waals surface area (Å²) >= 11 is 0. The minimum atomic E-state index is -0.273. The molecular formula is C12H24N2O2. The number of amides is 1. The molecule has 1 unspecified atom stereocenters. The van der Waals surface area contributed by atoms with Gasteiger partial charge in [0, 0.05) is 18.5 Å². The summed E-state index contributed by atoms with van der Waals surface area (Å²) in [5.41, 5.74) is 4.95. The quantitative estimate of drug-likeness (QED) is 0.743. The third kappa shape index (κ3) is 4.49. The Morgan fingerprint density at radius 1 is 1.56 bits per heavy atom. The van der Waals surface area contributed by atoms with Gasteiger partial charge < -0.3 is 15.8 Å². The molecule has 0 aromatic carbocycles. The molecule has 4 heteroatoms. The second kappa shape index (κ2) is 4.72. The number of nitrogens with two attached hydrogens (primary N) is 1. The summed E-state index contributed by atoms with van der Waals surface area (Å²) in [7, 11) is 0. The Hall–Kier alpha value is -0.610. The smallest absolute Gasteiger partial charge is 0.219 e. The lowest BCUT2D eigenvalue weighted by Gasteiger charge is -2.27. The predicted molar refractivity (Wildman–Crippen MR) is 64.1 cm³/mol. The lowest BCUT2D eigenvalue weighted by atomic mass is 9.99. The number of hydrogen-bond acceptors (Lipinski definition) is 3. The molecule has 1 atom stereocenters. The number of nitrogens with one attached hydrogen (secondary N) is 1. The Kier molecular flexibility index (Phi) is 3.97. The average molecular weight is 228 g/mol. The fourth-order valence-electron chi connectivity index (χ4n) is 2.11. The van der Waals surface area contributed by atoms with Crippen LogP contribution >= 0.6 is 0 Å². The minimum Gasteiger partial charge on any atom is -0.371 e. The summed E-state index contributed by atoms with van der Waals surface area (Å²) in [6.07, 6.45) is 2.77. The van der Waals surface area contributed by atoms with Crippen LogP contribution in [0, 0.1) is 0 Å². The van der Waals surface area contributed by atoms with Gasteiger partial charge in [-0.15, -0.1) is 0 Å². The molecule has 1 saturated heterocycles. The zero-order valence-corrected chi connectivity index (χ0v) is 10.8. The van der Waals surface area contributed by atoms with Crippen LogP contribution in [0.4, 0.5) is 0 Å². The largest absolute Gasteiger partial charge is 0.371 e. The highest BCUT2D eigenvalue weighted by atomic mass is 16.5. The zero-order valence-electron chi connectivity index (χ0n) is 10.8. The van der Waals surface area contributed by atoms with Crippen molar-refractivity contribution in [2.24, 2.45) is 5.73 Å². The van der Waals surface area contributed by atoms with Crippen LogP contribution in [0.25, 0.3) is 0 Å². The molecule has 1 fully saturated rings. The Bertz CT molecular complexity index is 262. The van der Waals surface area contributed by atoms with Crippen molar-refractivity contribution in [3.05, 3.63) is 0 Å². The molecule has 0 aromatic rings. The van der Waals surface area contributed by atoms with E-state index in [0.29, 0.717) is 6.42 Å². The highest BCUT2D eigenvalue weighted by molar-refractivity contribution is 5.74. The van der Waals surface area contributed by atoms with Crippen LogP contribution in [0.1, 0.15) is 47.0 Å². The van der Waals surface area contributed by atoms with E-state index in [0.717, 1.165) is 19.4 Å². The highest BCUT2D eigenvalue weighted by Gasteiger charge is 2.32. The van der Waals surface area contributed by atoms with Gasteiger partial charge in [-0.1, -0.05) is 0 Å². The van der Waals surface area contributed by atoms with Gasteiger partial charge in [-0.25, -0.2) is 0 Å². The van der Waals surface area contributed by atoms with Crippen LogP contribution in [-0.2, 0) is 9.53 Å². The first-order valence-electron chi connectivity index (χ1n) is 5.91. The molecule has 0 aliphatic carbocycles. The first-order chi connectivity index (χ1) is 7.20. The van der Waals surface area contributed by atoms with Gasteiger partial charge in [-0.3, -0.25) is 4.79 Å². The van der Waals surface area contributed by atoms with Crippen molar-refractivity contribution in [3.63, 3.8) is 0 Å². The van der Waals surface area contributed by atoms with Crippen LogP contribution in [0.3, 0.4) is 0 Å². The molecule has 0 radical (unpaired) electrons. The zero-order chi connectivity index (χ0) is 12.4. The highest BCUT2D eigenvalue weighted by Crippen LogP contribution is 2.29. The first kappa shape index (κ1) is 13.5. The van der Waals surface area contributed by atoms with Crippen molar-refractivity contribution in [2.75, 3.05) is 6.54 Å². The standard InChI is InChI=1S/C12H24N2O2/c1-11(2,7-10(13)15)14-8-9-5-6-12(3,4)16-9/h9,14H,5-8H2,1-4H3,(H2,13,15). The summed E-state index contributed by atoms with van der Waals surface area (Å²) in [5, 5.41) is 3.34. The van der Waals surface area contributed by atoms with Crippen molar-refractivity contribution in [1.29, 1.82) is 0 Å². The second-order valence-electron chi connectivity index (χ2n) is 5.95. The molecule has 1 heterocycles. The summed E-state index contributed by atoms with van der Waals surface area (Å²) < 4.78 is 5.87. The number of ether oxygens (including phenoxy) is 1. The van der Waals surface area contributed by atoms with Gasteiger partial charge in [-0.05, 0) is 40.5 Å². The van der Waals surface area contributed by atoms with Gasteiger partial charge in [0.25, 0.3) is 0 Å². The van der Waals surface area contributed by atoms with Crippen LogP contribution in [0.2, 0.25) is 0 Å². The number of primary amides is 1. The van der Waals surface area contributed by atoms with Gasteiger partial charge in [0.15, 0.2) is 0 Å². The Labute approximate surface area is 97.9 Å². The van der Waals surface area contributed by atoms with Gasteiger partial charge in [0.2, 0.25) is 5.91 Å². The molecule has 0 bridgehead atoms. The molecule has 0 saturated carbocycles. The van der Waals surface area contributed by atoms with Gasteiger partial charge in [0.05, 0.1) is 11.7 Å². The second-order valence-corrected chi connectivity index (χ2v) is 5.95.